The second kappa shape index (κ2) is 5.97. The van der Waals surface area contributed by atoms with Crippen LogP contribution >= 0.6 is 0 Å². The van der Waals surface area contributed by atoms with Crippen LogP contribution in [0.25, 0.3) is 0 Å². The van der Waals surface area contributed by atoms with Crippen LogP contribution in [-0.2, 0) is 6.42 Å². The number of nitrogens with two attached hydrogens (primary N) is 1. The number of rotatable bonds is 5. The van der Waals surface area contributed by atoms with E-state index < -0.39 is 0 Å². The fourth-order valence-corrected chi connectivity index (χ4v) is 1.68. The maximum absolute atomic E-state index is 5.35. The molecule has 2 aromatic rings. The number of pyridine rings is 2. The van der Waals surface area contributed by atoms with Crippen LogP contribution < -0.4 is 16.2 Å². The van der Waals surface area contributed by atoms with Gasteiger partial charge in [0.2, 0.25) is 0 Å². The molecule has 0 atom stereocenters. The van der Waals surface area contributed by atoms with Crippen molar-refractivity contribution in [2.45, 2.75) is 6.42 Å². The summed E-state index contributed by atoms with van der Waals surface area (Å²) in [5.74, 6) is 6.92. The van der Waals surface area contributed by atoms with Crippen molar-refractivity contribution in [1.29, 1.82) is 0 Å². The van der Waals surface area contributed by atoms with Gasteiger partial charge in [-0.05, 0) is 36.2 Å². The Morgan fingerprint density at radius 3 is 2.72 bits per heavy atom. The molecule has 0 fully saturated rings. The van der Waals surface area contributed by atoms with Crippen LogP contribution in [-0.4, -0.2) is 23.6 Å². The first-order valence-electron chi connectivity index (χ1n) is 5.83. The standard InChI is InChI=1S/C13H17N5/c1-18(10-7-11-5-8-15-9-6-11)13-4-2-3-12(16-13)17-14/h2-6,8-9H,7,10,14H2,1H3,(H,16,17). The molecule has 0 saturated carbocycles. The molecule has 0 aromatic carbocycles. The molecule has 0 aliphatic rings. The minimum absolute atomic E-state index is 0.670. The molecule has 0 bridgehead atoms. The van der Waals surface area contributed by atoms with E-state index in [2.05, 4.69) is 20.3 Å². The highest BCUT2D eigenvalue weighted by Crippen LogP contribution is 2.12. The van der Waals surface area contributed by atoms with Gasteiger partial charge in [-0.1, -0.05) is 6.07 Å². The molecule has 0 radical (unpaired) electrons. The van der Waals surface area contributed by atoms with E-state index in [9.17, 15) is 0 Å². The van der Waals surface area contributed by atoms with Crippen molar-refractivity contribution in [3.05, 3.63) is 48.3 Å². The average Bonchev–Trinajstić information content (AvgIpc) is 2.46. The molecule has 2 rings (SSSR count). The maximum Gasteiger partial charge on any atom is 0.142 e. The summed E-state index contributed by atoms with van der Waals surface area (Å²) in [6.45, 7) is 0.894. The Balaban J connectivity index is 1.97. The summed E-state index contributed by atoms with van der Waals surface area (Å²) in [4.78, 5) is 10.5. The van der Waals surface area contributed by atoms with E-state index in [0.717, 1.165) is 18.8 Å². The van der Waals surface area contributed by atoms with Crippen LogP contribution in [0, 0.1) is 0 Å². The van der Waals surface area contributed by atoms with Crippen LogP contribution in [0.5, 0.6) is 0 Å². The number of aromatic nitrogens is 2. The van der Waals surface area contributed by atoms with Gasteiger partial charge < -0.3 is 10.3 Å². The summed E-state index contributed by atoms with van der Waals surface area (Å²) >= 11 is 0. The van der Waals surface area contributed by atoms with Gasteiger partial charge in [-0.3, -0.25) is 4.98 Å². The predicted molar refractivity (Wildman–Crippen MR) is 73.3 cm³/mol. The average molecular weight is 243 g/mol. The summed E-state index contributed by atoms with van der Waals surface area (Å²) in [6, 6.07) is 9.78. The molecule has 18 heavy (non-hydrogen) atoms. The first kappa shape index (κ1) is 12.3. The Labute approximate surface area is 107 Å². The largest absolute Gasteiger partial charge is 0.359 e. The summed E-state index contributed by atoms with van der Waals surface area (Å²) in [5, 5.41) is 0. The Hall–Kier alpha value is -2.14. The Kier molecular flexibility index (Phi) is 4.09. The van der Waals surface area contributed by atoms with Gasteiger partial charge in [-0.25, -0.2) is 10.8 Å². The summed E-state index contributed by atoms with van der Waals surface area (Å²) in [6.07, 6.45) is 4.58. The zero-order chi connectivity index (χ0) is 12.8. The summed E-state index contributed by atoms with van der Waals surface area (Å²) < 4.78 is 0. The molecule has 94 valence electrons. The normalized spacial score (nSPS) is 10.1. The third-order valence-corrected chi connectivity index (χ3v) is 2.76. The molecule has 3 N–H and O–H groups in total. The van der Waals surface area contributed by atoms with E-state index in [1.165, 1.54) is 5.56 Å². The zero-order valence-electron chi connectivity index (χ0n) is 10.4. The molecular formula is C13H17N5. The summed E-state index contributed by atoms with van der Waals surface area (Å²) in [7, 11) is 2.02. The molecule has 0 spiro atoms. The van der Waals surface area contributed by atoms with Gasteiger partial charge in [0.15, 0.2) is 0 Å². The quantitative estimate of drug-likeness (QED) is 0.614. The van der Waals surface area contributed by atoms with Crippen LogP contribution in [0.2, 0.25) is 0 Å². The van der Waals surface area contributed by atoms with Crippen molar-refractivity contribution >= 4 is 11.6 Å². The maximum atomic E-state index is 5.35. The number of likely N-dealkylation sites (N-methyl/N-ethyl adjacent to an activating group) is 1. The topological polar surface area (TPSA) is 67.1 Å². The number of anilines is 2. The molecule has 0 saturated heterocycles. The van der Waals surface area contributed by atoms with Crippen molar-refractivity contribution in [2.75, 3.05) is 23.9 Å². The molecule has 5 nitrogen and oxygen atoms in total. The van der Waals surface area contributed by atoms with E-state index in [-0.39, 0.29) is 0 Å². The lowest BCUT2D eigenvalue weighted by Gasteiger charge is -2.18. The van der Waals surface area contributed by atoms with E-state index in [1.54, 1.807) is 0 Å². The van der Waals surface area contributed by atoms with Crippen LogP contribution in [0.4, 0.5) is 11.6 Å². The zero-order valence-corrected chi connectivity index (χ0v) is 10.4. The highest BCUT2D eigenvalue weighted by molar-refractivity contribution is 5.45. The number of hydrogen-bond donors (Lipinski definition) is 2. The molecule has 0 unspecified atom stereocenters. The monoisotopic (exact) mass is 243 g/mol. The van der Waals surface area contributed by atoms with Crippen LogP contribution in [0.1, 0.15) is 5.56 Å². The van der Waals surface area contributed by atoms with Gasteiger partial charge in [0, 0.05) is 26.0 Å². The van der Waals surface area contributed by atoms with Crippen molar-refractivity contribution in [3.63, 3.8) is 0 Å². The number of hydrogen-bond acceptors (Lipinski definition) is 5. The van der Waals surface area contributed by atoms with E-state index >= 15 is 0 Å². The van der Waals surface area contributed by atoms with E-state index in [1.807, 2.05) is 49.8 Å². The van der Waals surface area contributed by atoms with Gasteiger partial charge in [-0.2, -0.15) is 0 Å². The fraction of sp³-hybridized carbons (Fsp3) is 0.231. The Morgan fingerprint density at radius 1 is 1.22 bits per heavy atom. The number of nitrogen functional groups attached to an aromatic ring is 1. The predicted octanol–water partition coefficient (Wildman–Crippen LogP) is 1.44. The SMILES string of the molecule is CN(CCc1ccncc1)c1cccc(NN)n1. The summed E-state index contributed by atoms with van der Waals surface area (Å²) in [5.41, 5.74) is 3.82. The van der Waals surface area contributed by atoms with Gasteiger partial charge >= 0.3 is 0 Å². The molecular weight excluding hydrogens is 226 g/mol. The molecule has 5 heteroatoms. The minimum atomic E-state index is 0.670. The smallest absolute Gasteiger partial charge is 0.142 e. The van der Waals surface area contributed by atoms with Crippen LogP contribution in [0.3, 0.4) is 0 Å². The minimum Gasteiger partial charge on any atom is -0.359 e. The highest BCUT2D eigenvalue weighted by Gasteiger charge is 2.03. The first-order valence-corrected chi connectivity index (χ1v) is 5.83. The Morgan fingerprint density at radius 2 is 2.00 bits per heavy atom. The van der Waals surface area contributed by atoms with Crippen LogP contribution in [0.15, 0.2) is 42.7 Å². The second-order valence-electron chi connectivity index (χ2n) is 4.05. The van der Waals surface area contributed by atoms with Crippen molar-refractivity contribution < 1.29 is 0 Å². The van der Waals surface area contributed by atoms with Gasteiger partial charge in [0.05, 0.1) is 0 Å². The lowest BCUT2D eigenvalue weighted by Crippen LogP contribution is -2.22. The Bertz CT molecular complexity index is 486. The van der Waals surface area contributed by atoms with Crippen molar-refractivity contribution in [1.82, 2.24) is 9.97 Å². The lowest BCUT2D eigenvalue weighted by molar-refractivity contribution is 0.858. The molecule has 0 aliphatic carbocycles. The molecule has 0 aliphatic heterocycles. The lowest BCUT2D eigenvalue weighted by atomic mass is 10.2. The second-order valence-corrected chi connectivity index (χ2v) is 4.05. The fourth-order valence-electron chi connectivity index (χ4n) is 1.68. The molecule has 0 amide bonds. The van der Waals surface area contributed by atoms with Crippen molar-refractivity contribution in [3.8, 4) is 0 Å². The number of hydrazine groups is 1. The first-order chi connectivity index (χ1) is 8.79. The van der Waals surface area contributed by atoms with Gasteiger partial charge in [0.25, 0.3) is 0 Å². The van der Waals surface area contributed by atoms with E-state index in [4.69, 9.17) is 5.84 Å². The third-order valence-electron chi connectivity index (χ3n) is 2.76. The van der Waals surface area contributed by atoms with Crippen molar-refractivity contribution in [2.24, 2.45) is 5.84 Å². The van der Waals surface area contributed by atoms with E-state index in [0.29, 0.717) is 5.82 Å². The number of nitrogens with one attached hydrogen (secondary N) is 1. The number of nitrogens with zero attached hydrogens (tertiary/aromatic N) is 3. The molecule has 2 heterocycles. The molecule has 2 aromatic heterocycles. The van der Waals surface area contributed by atoms with Gasteiger partial charge in [0.1, 0.15) is 11.6 Å². The highest BCUT2D eigenvalue weighted by atomic mass is 15.3. The van der Waals surface area contributed by atoms with Gasteiger partial charge in [-0.15, -0.1) is 0 Å². The third kappa shape index (κ3) is 3.18.